The van der Waals surface area contributed by atoms with Crippen LogP contribution < -0.4 is 0 Å². The number of hydrogen-bond donors (Lipinski definition) is 0. The SMILES string of the molecule is CCCCCc1ccc2c(F)c(-c3ccc(-c4ccc(C(F)(F)F)cc4)c(F)c3)ccc2c1. The lowest BCUT2D eigenvalue weighted by molar-refractivity contribution is -0.137. The van der Waals surface area contributed by atoms with Crippen LogP contribution in [0.2, 0.25) is 0 Å². The summed E-state index contributed by atoms with van der Waals surface area (Å²) in [5, 5.41) is 1.27. The Hall–Kier alpha value is -3.21. The van der Waals surface area contributed by atoms with E-state index in [-0.39, 0.29) is 11.1 Å². The van der Waals surface area contributed by atoms with Crippen LogP contribution in [-0.4, -0.2) is 0 Å². The van der Waals surface area contributed by atoms with E-state index in [1.54, 1.807) is 18.2 Å². The molecule has 0 fully saturated rings. The Balaban J connectivity index is 1.64. The molecule has 0 aliphatic carbocycles. The van der Waals surface area contributed by atoms with Crippen LogP contribution in [0.15, 0.2) is 72.8 Å². The maximum absolute atomic E-state index is 15.3. The summed E-state index contributed by atoms with van der Waals surface area (Å²) in [5.41, 5.74) is 1.49. The summed E-state index contributed by atoms with van der Waals surface area (Å²) in [6.07, 6.45) is -0.124. The number of alkyl halides is 3. The van der Waals surface area contributed by atoms with Crippen molar-refractivity contribution in [3.8, 4) is 22.3 Å². The summed E-state index contributed by atoms with van der Waals surface area (Å²) in [6, 6.07) is 17.7. The average Bonchev–Trinajstić information content (AvgIpc) is 2.79. The van der Waals surface area contributed by atoms with Gasteiger partial charge in [-0.25, -0.2) is 8.78 Å². The van der Waals surface area contributed by atoms with Gasteiger partial charge in [-0.2, -0.15) is 13.2 Å². The average molecular weight is 454 g/mol. The maximum Gasteiger partial charge on any atom is 0.416 e. The Morgan fingerprint density at radius 2 is 1.39 bits per heavy atom. The minimum absolute atomic E-state index is 0.158. The van der Waals surface area contributed by atoms with E-state index in [1.165, 1.54) is 24.3 Å². The standard InChI is InChI=1S/C28H23F5/c1-2-3-4-5-18-6-13-24-20(16-18)10-15-25(27(24)30)21-9-14-23(26(29)17-21)19-7-11-22(12-8-19)28(31,32)33/h6-17H,2-5H2,1H3. The van der Waals surface area contributed by atoms with Crippen molar-refractivity contribution in [2.75, 3.05) is 0 Å². The molecule has 170 valence electrons. The van der Waals surface area contributed by atoms with Crippen molar-refractivity contribution < 1.29 is 22.0 Å². The van der Waals surface area contributed by atoms with E-state index in [0.717, 1.165) is 48.8 Å². The molecule has 0 heterocycles. The maximum atomic E-state index is 15.3. The van der Waals surface area contributed by atoms with Crippen LogP contribution in [0.4, 0.5) is 22.0 Å². The third-order valence-electron chi connectivity index (χ3n) is 5.89. The van der Waals surface area contributed by atoms with Gasteiger partial charge in [0.1, 0.15) is 11.6 Å². The molecule has 0 aromatic heterocycles. The van der Waals surface area contributed by atoms with E-state index < -0.39 is 23.4 Å². The molecule has 0 aliphatic heterocycles. The van der Waals surface area contributed by atoms with Crippen LogP contribution >= 0.6 is 0 Å². The van der Waals surface area contributed by atoms with E-state index in [2.05, 4.69) is 6.92 Å². The fourth-order valence-corrected chi connectivity index (χ4v) is 4.05. The highest BCUT2D eigenvalue weighted by Crippen LogP contribution is 2.34. The molecule has 4 rings (SSSR count). The highest BCUT2D eigenvalue weighted by molar-refractivity contribution is 5.89. The Morgan fingerprint density at radius 3 is 2.06 bits per heavy atom. The van der Waals surface area contributed by atoms with Gasteiger partial charge < -0.3 is 0 Å². The molecule has 4 aromatic carbocycles. The summed E-state index contributed by atoms with van der Waals surface area (Å²) in [4.78, 5) is 0. The second-order valence-corrected chi connectivity index (χ2v) is 8.21. The number of hydrogen-bond acceptors (Lipinski definition) is 0. The third kappa shape index (κ3) is 4.92. The first-order chi connectivity index (χ1) is 15.8. The van der Waals surface area contributed by atoms with E-state index in [1.807, 2.05) is 18.2 Å². The Morgan fingerprint density at radius 1 is 0.697 bits per heavy atom. The molecule has 0 nitrogen and oxygen atoms in total. The number of benzene rings is 4. The van der Waals surface area contributed by atoms with Gasteiger partial charge >= 0.3 is 6.18 Å². The second kappa shape index (κ2) is 9.34. The molecule has 0 spiro atoms. The highest BCUT2D eigenvalue weighted by Gasteiger charge is 2.30. The zero-order valence-electron chi connectivity index (χ0n) is 18.1. The van der Waals surface area contributed by atoms with Crippen LogP contribution in [0.25, 0.3) is 33.0 Å². The van der Waals surface area contributed by atoms with Gasteiger partial charge in [0.15, 0.2) is 0 Å². The molecular formula is C28H23F5. The molecule has 0 N–H and O–H groups in total. The summed E-state index contributed by atoms with van der Waals surface area (Å²) >= 11 is 0. The number of rotatable bonds is 6. The normalized spacial score (nSPS) is 11.8. The van der Waals surface area contributed by atoms with Gasteiger partial charge in [-0.05, 0) is 53.1 Å². The first kappa shape index (κ1) is 23.0. The van der Waals surface area contributed by atoms with Gasteiger partial charge in [-0.1, -0.05) is 74.4 Å². The van der Waals surface area contributed by atoms with Crippen molar-refractivity contribution in [1.29, 1.82) is 0 Å². The van der Waals surface area contributed by atoms with Crippen molar-refractivity contribution in [1.82, 2.24) is 0 Å². The monoisotopic (exact) mass is 454 g/mol. The van der Waals surface area contributed by atoms with Crippen LogP contribution in [0.3, 0.4) is 0 Å². The predicted molar refractivity (Wildman–Crippen MR) is 123 cm³/mol. The molecule has 0 saturated carbocycles. The lowest BCUT2D eigenvalue weighted by Gasteiger charge is -2.11. The quantitative estimate of drug-likeness (QED) is 0.201. The van der Waals surface area contributed by atoms with Gasteiger partial charge in [0.05, 0.1) is 5.56 Å². The van der Waals surface area contributed by atoms with Gasteiger partial charge in [-0.3, -0.25) is 0 Å². The minimum atomic E-state index is -4.45. The predicted octanol–water partition coefficient (Wildman–Crippen LogP) is 9.20. The minimum Gasteiger partial charge on any atom is -0.206 e. The number of aryl methyl sites for hydroxylation is 1. The molecule has 0 amide bonds. The van der Waals surface area contributed by atoms with E-state index in [9.17, 15) is 17.6 Å². The van der Waals surface area contributed by atoms with Crippen molar-refractivity contribution >= 4 is 10.8 Å². The molecule has 4 aromatic rings. The summed E-state index contributed by atoms with van der Waals surface area (Å²) in [7, 11) is 0. The molecule has 0 bridgehead atoms. The van der Waals surface area contributed by atoms with Gasteiger partial charge in [0.2, 0.25) is 0 Å². The lowest BCUT2D eigenvalue weighted by atomic mass is 9.95. The van der Waals surface area contributed by atoms with Gasteiger partial charge in [-0.15, -0.1) is 0 Å². The van der Waals surface area contributed by atoms with E-state index in [0.29, 0.717) is 16.5 Å². The first-order valence-corrected chi connectivity index (χ1v) is 11.0. The summed E-state index contributed by atoms with van der Waals surface area (Å²) in [6.45, 7) is 2.15. The molecule has 0 radical (unpaired) electrons. The smallest absolute Gasteiger partial charge is 0.206 e. The highest BCUT2D eigenvalue weighted by atomic mass is 19.4. The largest absolute Gasteiger partial charge is 0.416 e. The first-order valence-electron chi connectivity index (χ1n) is 11.0. The lowest BCUT2D eigenvalue weighted by Crippen LogP contribution is -2.04. The van der Waals surface area contributed by atoms with E-state index in [4.69, 9.17) is 0 Å². The molecular weight excluding hydrogens is 431 g/mol. The second-order valence-electron chi connectivity index (χ2n) is 8.21. The molecule has 0 unspecified atom stereocenters. The molecule has 0 saturated heterocycles. The molecule has 5 heteroatoms. The fraction of sp³-hybridized carbons (Fsp3) is 0.214. The van der Waals surface area contributed by atoms with Crippen molar-refractivity contribution in [2.24, 2.45) is 0 Å². The van der Waals surface area contributed by atoms with Crippen LogP contribution in [-0.2, 0) is 12.6 Å². The van der Waals surface area contributed by atoms with Gasteiger partial charge in [0.25, 0.3) is 0 Å². The zero-order chi connectivity index (χ0) is 23.6. The fourth-order valence-electron chi connectivity index (χ4n) is 4.05. The molecule has 0 aliphatic rings. The molecule has 0 atom stereocenters. The van der Waals surface area contributed by atoms with E-state index >= 15 is 4.39 Å². The summed E-state index contributed by atoms with van der Waals surface area (Å²) in [5.74, 6) is -1.05. The Bertz CT molecular complexity index is 1270. The van der Waals surface area contributed by atoms with Crippen molar-refractivity contribution in [3.63, 3.8) is 0 Å². The van der Waals surface area contributed by atoms with Crippen LogP contribution in [0, 0.1) is 11.6 Å². The van der Waals surface area contributed by atoms with Gasteiger partial charge in [0, 0.05) is 16.5 Å². The van der Waals surface area contributed by atoms with Crippen LogP contribution in [0.5, 0.6) is 0 Å². The molecule has 33 heavy (non-hydrogen) atoms. The number of halogens is 5. The van der Waals surface area contributed by atoms with Crippen LogP contribution in [0.1, 0.15) is 37.3 Å². The third-order valence-corrected chi connectivity index (χ3v) is 5.89. The topological polar surface area (TPSA) is 0 Å². The summed E-state index contributed by atoms with van der Waals surface area (Å²) < 4.78 is 68.5. The zero-order valence-corrected chi connectivity index (χ0v) is 18.1. The van der Waals surface area contributed by atoms with Crippen molar-refractivity contribution in [3.05, 3.63) is 95.6 Å². The number of unbranched alkanes of at least 4 members (excludes halogenated alkanes) is 2. The van der Waals surface area contributed by atoms with Crippen molar-refractivity contribution in [2.45, 2.75) is 38.8 Å². The Labute approximate surface area is 189 Å². The Kier molecular flexibility index (Phi) is 6.50. The number of fused-ring (bicyclic) bond motifs is 1.